The molecule has 0 radical (unpaired) electrons. The topological polar surface area (TPSA) is 12.0 Å². The molecule has 3 rings (SSSR count). The molecule has 0 spiro atoms. The lowest BCUT2D eigenvalue weighted by atomic mass is 9.96. The highest BCUT2D eigenvalue weighted by molar-refractivity contribution is 5.21. The number of hydrogen-bond acceptors (Lipinski definition) is 1. The number of likely N-dealkylation sites (N-methyl/N-ethyl adjacent to an activating group) is 1. The first-order valence-corrected chi connectivity index (χ1v) is 7.38. The average Bonchev–Trinajstić information content (AvgIpc) is 2.86. The monoisotopic (exact) mass is 265 g/mol. The van der Waals surface area contributed by atoms with Gasteiger partial charge in [-0.15, -0.1) is 0 Å². The highest BCUT2D eigenvalue weighted by Crippen LogP contribution is 2.59. The predicted molar refractivity (Wildman–Crippen MR) is 71.8 cm³/mol. The van der Waals surface area contributed by atoms with Crippen LogP contribution in [0.5, 0.6) is 0 Å². The maximum Gasteiger partial charge on any atom is 0.126 e. The quantitative estimate of drug-likeness (QED) is 0.858. The van der Waals surface area contributed by atoms with E-state index in [2.05, 4.69) is 12.2 Å². The molecule has 0 aliphatic heterocycles. The first-order chi connectivity index (χ1) is 9.20. The maximum absolute atomic E-state index is 13.7. The van der Waals surface area contributed by atoms with Gasteiger partial charge in [0.15, 0.2) is 0 Å². The third kappa shape index (κ3) is 2.53. The second kappa shape index (κ2) is 5.20. The van der Waals surface area contributed by atoms with E-state index in [1.165, 1.54) is 37.5 Å². The lowest BCUT2D eigenvalue weighted by molar-refractivity contribution is 0.405. The van der Waals surface area contributed by atoms with Gasteiger partial charge in [0, 0.05) is 6.04 Å². The third-order valence-electron chi connectivity index (χ3n) is 4.85. The molecule has 0 bridgehead atoms. The van der Waals surface area contributed by atoms with Crippen molar-refractivity contribution in [2.45, 2.75) is 38.6 Å². The molecule has 2 fully saturated rings. The van der Waals surface area contributed by atoms with Crippen molar-refractivity contribution in [2.24, 2.45) is 17.8 Å². The molecule has 2 saturated carbocycles. The SMILES string of the molecule is CCNC(Cc1cc(F)ccc1F)C1C2CCCC21. The van der Waals surface area contributed by atoms with Gasteiger partial charge in [-0.1, -0.05) is 13.3 Å². The molecular formula is C16H21F2N. The summed E-state index contributed by atoms with van der Waals surface area (Å²) in [5.41, 5.74) is 0.510. The highest BCUT2D eigenvalue weighted by atomic mass is 19.1. The Morgan fingerprint density at radius 3 is 2.68 bits per heavy atom. The molecule has 1 aromatic rings. The fourth-order valence-corrected chi connectivity index (χ4v) is 4.02. The van der Waals surface area contributed by atoms with Gasteiger partial charge in [0.25, 0.3) is 0 Å². The van der Waals surface area contributed by atoms with Gasteiger partial charge in [0.1, 0.15) is 11.6 Å². The molecule has 0 heterocycles. The molecular weight excluding hydrogens is 244 g/mol. The minimum atomic E-state index is -0.345. The first-order valence-electron chi connectivity index (χ1n) is 7.38. The number of benzene rings is 1. The van der Waals surface area contributed by atoms with Crippen LogP contribution in [0.2, 0.25) is 0 Å². The van der Waals surface area contributed by atoms with E-state index in [0.29, 0.717) is 23.9 Å². The number of fused-ring (bicyclic) bond motifs is 1. The molecule has 3 unspecified atom stereocenters. The maximum atomic E-state index is 13.7. The summed E-state index contributed by atoms with van der Waals surface area (Å²) in [5, 5.41) is 3.48. The van der Waals surface area contributed by atoms with Crippen molar-refractivity contribution in [1.29, 1.82) is 0 Å². The summed E-state index contributed by atoms with van der Waals surface area (Å²) in [6.07, 6.45) is 4.60. The van der Waals surface area contributed by atoms with Crippen molar-refractivity contribution in [3.8, 4) is 0 Å². The zero-order chi connectivity index (χ0) is 13.4. The van der Waals surface area contributed by atoms with E-state index in [1.807, 2.05) is 0 Å². The lowest BCUT2D eigenvalue weighted by Gasteiger charge is -2.20. The van der Waals surface area contributed by atoms with E-state index in [9.17, 15) is 8.78 Å². The van der Waals surface area contributed by atoms with Crippen LogP contribution in [-0.2, 0) is 6.42 Å². The summed E-state index contributed by atoms with van der Waals surface area (Å²) in [4.78, 5) is 0. The molecule has 0 amide bonds. The normalized spacial score (nSPS) is 30.2. The van der Waals surface area contributed by atoms with Gasteiger partial charge in [-0.25, -0.2) is 8.78 Å². The van der Waals surface area contributed by atoms with Gasteiger partial charge in [-0.05, 0) is 67.3 Å². The van der Waals surface area contributed by atoms with Crippen molar-refractivity contribution in [1.82, 2.24) is 5.32 Å². The second-order valence-electron chi connectivity index (χ2n) is 5.94. The second-order valence-corrected chi connectivity index (χ2v) is 5.94. The van der Waals surface area contributed by atoms with E-state index in [1.54, 1.807) is 0 Å². The number of hydrogen-bond donors (Lipinski definition) is 1. The Labute approximate surface area is 113 Å². The summed E-state index contributed by atoms with van der Waals surface area (Å²) >= 11 is 0. The first kappa shape index (κ1) is 13.0. The fraction of sp³-hybridized carbons (Fsp3) is 0.625. The smallest absolute Gasteiger partial charge is 0.126 e. The summed E-state index contributed by atoms with van der Waals surface area (Å²) in [6.45, 7) is 2.96. The minimum absolute atomic E-state index is 0.282. The molecule has 19 heavy (non-hydrogen) atoms. The summed E-state index contributed by atoms with van der Waals surface area (Å²) in [6, 6.07) is 4.07. The Morgan fingerprint density at radius 2 is 2.00 bits per heavy atom. The summed E-state index contributed by atoms with van der Waals surface area (Å²) in [5.74, 6) is 1.72. The van der Waals surface area contributed by atoms with Crippen molar-refractivity contribution < 1.29 is 8.78 Å². The Balaban J connectivity index is 1.72. The molecule has 2 aliphatic carbocycles. The molecule has 0 aromatic heterocycles. The standard InChI is InChI=1S/C16H21F2N/c1-2-19-15(16-12-4-3-5-13(12)16)9-10-8-11(17)6-7-14(10)18/h6-8,12-13,15-16,19H,2-5,9H2,1H3. The van der Waals surface area contributed by atoms with E-state index in [0.717, 1.165) is 18.4 Å². The van der Waals surface area contributed by atoms with E-state index in [4.69, 9.17) is 0 Å². The van der Waals surface area contributed by atoms with Gasteiger partial charge in [0.05, 0.1) is 0 Å². The van der Waals surface area contributed by atoms with E-state index < -0.39 is 0 Å². The van der Waals surface area contributed by atoms with Gasteiger partial charge in [-0.3, -0.25) is 0 Å². The van der Waals surface area contributed by atoms with E-state index >= 15 is 0 Å². The summed E-state index contributed by atoms with van der Waals surface area (Å²) in [7, 11) is 0. The van der Waals surface area contributed by atoms with Crippen LogP contribution >= 0.6 is 0 Å². The molecule has 0 saturated heterocycles. The molecule has 3 heteroatoms. The molecule has 1 N–H and O–H groups in total. The Morgan fingerprint density at radius 1 is 1.26 bits per heavy atom. The van der Waals surface area contributed by atoms with Gasteiger partial charge in [-0.2, -0.15) is 0 Å². The molecule has 104 valence electrons. The van der Waals surface area contributed by atoms with Crippen LogP contribution in [0.4, 0.5) is 8.78 Å². The van der Waals surface area contributed by atoms with Crippen LogP contribution in [0.25, 0.3) is 0 Å². The zero-order valence-electron chi connectivity index (χ0n) is 11.3. The molecule has 1 nitrogen and oxygen atoms in total. The van der Waals surface area contributed by atoms with Crippen molar-refractivity contribution in [3.63, 3.8) is 0 Å². The Bertz CT molecular complexity index is 450. The summed E-state index contributed by atoms with van der Waals surface area (Å²) < 4.78 is 27.0. The van der Waals surface area contributed by atoms with Crippen LogP contribution in [0.15, 0.2) is 18.2 Å². The van der Waals surface area contributed by atoms with Crippen LogP contribution < -0.4 is 5.32 Å². The van der Waals surface area contributed by atoms with Gasteiger partial charge >= 0.3 is 0 Å². The Hall–Kier alpha value is -0.960. The number of rotatable bonds is 5. The van der Waals surface area contributed by atoms with Crippen molar-refractivity contribution >= 4 is 0 Å². The van der Waals surface area contributed by atoms with Crippen LogP contribution in [0, 0.1) is 29.4 Å². The molecule has 1 aromatic carbocycles. The van der Waals surface area contributed by atoms with Crippen molar-refractivity contribution in [3.05, 3.63) is 35.4 Å². The van der Waals surface area contributed by atoms with Gasteiger partial charge < -0.3 is 5.32 Å². The lowest BCUT2D eigenvalue weighted by Crippen LogP contribution is -2.34. The van der Waals surface area contributed by atoms with Crippen LogP contribution in [0.1, 0.15) is 31.7 Å². The minimum Gasteiger partial charge on any atom is -0.314 e. The molecule has 3 atom stereocenters. The fourth-order valence-electron chi connectivity index (χ4n) is 4.02. The van der Waals surface area contributed by atoms with Gasteiger partial charge in [0.2, 0.25) is 0 Å². The average molecular weight is 265 g/mol. The number of halogens is 2. The predicted octanol–water partition coefficient (Wildman–Crippen LogP) is 3.53. The zero-order valence-corrected chi connectivity index (χ0v) is 11.3. The third-order valence-corrected chi connectivity index (χ3v) is 4.85. The van der Waals surface area contributed by atoms with Crippen LogP contribution in [0.3, 0.4) is 0 Å². The number of nitrogens with one attached hydrogen (secondary N) is 1. The van der Waals surface area contributed by atoms with E-state index in [-0.39, 0.29) is 11.6 Å². The van der Waals surface area contributed by atoms with Crippen molar-refractivity contribution in [2.75, 3.05) is 6.54 Å². The molecule has 2 aliphatic rings. The van der Waals surface area contributed by atoms with Crippen LogP contribution in [-0.4, -0.2) is 12.6 Å². The largest absolute Gasteiger partial charge is 0.314 e. The Kier molecular flexibility index (Phi) is 3.57. The highest BCUT2D eigenvalue weighted by Gasteiger charge is 2.55.